The third kappa shape index (κ3) is 3.58. The smallest absolute Gasteiger partial charge is 0.406 e. The Morgan fingerprint density at radius 2 is 2.06 bits per heavy atom. The van der Waals surface area contributed by atoms with Gasteiger partial charge in [0.15, 0.2) is 0 Å². The van der Waals surface area contributed by atoms with Gasteiger partial charge >= 0.3 is 6.36 Å². The molecule has 1 unspecified atom stereocenters. The maximum atomic E-state index is 11.9. The van der Waals surface area contributed by atoms with Crippen molar-refractivity contribution in [1.29, 1.82) is 0 Å². The molecule has 0 bridgehead atoms. The van der Waals surface area contributed by atoms with Crippen molar-refractivity contribution in [1.82, 2.24) is 0 Å². The Bertz CT molecular complexity index is 368. The van der Waals surface area contributed by atoms with Crippen LogP contribution in [-0.4, -0.2) is 17.7 Å². The number of ether oxygens (including phenoxy) is 1. The number of benzene rings is 1. The number of nitrogens with two attached hydrogens (primary N) is 1. The van der Waals surface area contributed by atoms with Crippen LogP contribution in [0, 0.1) is 0 Å². The monoisotopic (exact) mass is 253 g/mol. The molecule has 0 aromatic heterocycles. The minimum atomic E-state index is -4.75. The number of halogens is 3. The predicted molar refractivity (Wildman–Crippen MR) is 54.1 cm³/mol. The van der Waals surface area contributed by atoms with Crippen LogP contribution in [0.25, 0.3) is 0 Å². The van der Waals surface area contributed by atoms with Crippen LogP contribution < -0.4 is 10.5 Å². The first-order valence-corrected chi connectivity index (χ1v) is 5.43. The van der Waals surface area contributed by atoms with E-state index in [1.165, 1.54) is 23.9 Å². The average Bonchev–Trinajstić information content (AvgIpc) is 2.15. The van der Waals surface area contributed by atoms with E-state index in [0.717, 1.165) is 6.07 Å². The summed E-state index contributed by atoms with van der Waals surface area (Å²) in [5, 5.41) is 9.19. The van der Waals surface area contributed by atoms with E-state index in [9.17, 15) is 18.3 Å². The van der Waals surface area contributed by atoms with E-state index in [2.05, 4.69) is 4.74 Å². The average molecular weight is 253 g/mol. The summed E-state index contributed by atoms with van der Waals surface area (Å²) in [4.78, 5) is 0.601. The van der Waals surface area contributed by atoms with Crippen LogP contribution in [0.4, 0.5) is 13.2 Å². The van der Waals surface area contributed by atoms with E-state index in [-0.39, 0.29) is 5.56 Å². The van der Waals surface area contributed by atoms with E-state index in [4.69, 9.17) is 5.73 Å². The molecule has 0 spiro atoms. The molecule has 0 aliphatic rings. The number of aliphatic hydroxyl groups excluding tert-OH is 1. The molecule has 0 radical (unpaired) electrons. The van der Waals surface area contributed by atoms with Gasteiger partial charge < -0.3 is 15.6 Å². The van der Waals surface area contributed by atoms with Crippen LogP contribution in [0.3, 0.4) is 0 Å². The van der Waals surface area contributed by atoms with Crippen molar-refractivity contribution < 1.29 is 23.0 Å². The van der Waals surface area contributed by atoms with E-state index in [1.807, 2.05) is 0 Å². The minimum absolute atomic E-state index is 0.203. The number of alkyl halides is 3. The fraction of sp³-hybridized carbons (Fsp3) is 0.333. The minimum Gasteiger partial charge on any atom is -0.406 e. The highest BCUT2D eigenvalue weighted by molar-refractivity contribution is 7.98. The normalized spacial score (nSPS) is 13.6. The molecule has 3 nitrogen and oxygen atoms in total. The molecule has 1 rings (SSSR count). The Hall–Kier alpha value is -0.920. The second-order valence-corrected chi connectivity index (χ2v) is 3.74. The van der Waals surface area contributed by atoms with Crippen LogP contribution in [-0.2, 0) is 0 Å². The lowest BCUT2D eigenvalue weighted by molar-refractivity contribution is -0.274. The Morgan fingerprint density at radius 3 is 2.50 bits per heavy atom. The van der Waals surface area contributed by atoms with Gasteiger partial charge in [0.2, 0.25) is 0 Å². The molecule has 90 valence electrons. The zero-order chi connectivity index (χ0) is 12.3. The van der Waals surface area contributed by atoms with Crippen LogP contribution in [0.2, 0.25) is 0 Å². The van der Waals surface area contributed by atoms with Gasteiger partial charge in [-0.1, -0.05) is 0 Å². The first kappa shape index (κ1) is 13.1. The van der Waals surface area contributed by atoms with Crippen molar-refractivity contribution in [2.45, 2.75) is 17.5 Å². The van der Waals surface area contributed by atoms with Gasteiger partial charge in [-0.25, -0.2) is 0 Å². The van der Waals surface area contributed by atoms with Crippen LogP contribution in [0.15, 0.2) is 23.1 Å². The van der Waals surface area contributed by atoms with E-state index in [0.29, 0.717) is 4.90 Å². The van der Waals surface area contributed by atoms with E-state index < -0.39 is 18.3 Å². The molecular weight excluding hydrogens is 243 g/mol. The SMILES string of the molecule is CSc1ccc(OC(F)(F)F)cc1C(N)O. The zero-order valence-electron chi connectivity index (χ0n) is 8.28. The second-order valence-electron chi connectivity index (χ2n) is 2.90. The molecule has 0 saturated heterocycles. The Balaban J connectivity index is 3.02. The maximum absolute atomic E-state index is 11.9. The summed E-state index contributed by atoms with van der Waals surface area (Å²) in [5.41, 5.74) is 5.43. The van der Waals surface area contributed by atoms with E-state index >= 15 is 0 Å². The molecule has 0 saturated carbocycles. The highest BCUT2D eigenvalue weighted by Gasteiger charge is 2.31. The van der Waals surface area contributed by atoms with Crippen LogP contribution in [0.5, 0.6) is 5.75 Å². The molecule has 0 fully saturated rings. The maximum Gasteiger partial charge on any atom is 0.573 e. The third-order valence-corrected chi connectivity index (χ3v) is 2.57. The summed E-state index contributed by atoms with van der Waals surface area (Å²) in [6.45, 7) is 0. The van der Waals surface area contributed by atoms with Crippen LogP contribution in [0.1, 0.15) is 11.8 Å². The Labute approximate surface area is 94.4 Å². The number of rotatable bonds is 3. The van der Waals surface area contributed by atoms with Gasteiger partial charge in [-0.3, -0.25) is 0 Å². The lowest BCUT2D eigenvalue weighted by atomic mass is 10.2. The molecule has 3 N–H and O–H groups in total. The van der Waals surface area contributed by atoms with E-state index in [1.54, 1.807) is 6.26 Å². The standard InChI is InChI=1S/C9H10F3NO2S/c1-16-7-3-2-5(15-9(10,11)12)4-6(7)8(13)14/h2-4,8,14H,13H2,1H3. The highest BCUT2D eigenvalue weighted by atomic mass is 32.2. The summed E-state index contributed by atoms with van der Waals surface area (Å²) in [7, 11) is 0. The fourth-order valence-corrected chi connectivity index (χ4v) is 1.76. The quantitative estimate of drug-likeness (QED) is 0.641. The predicted octanol–water partition coefficient (Wildman–Crippen LogP) is 2.26. The topological polar surface area (TPSA) is 55.5 Å². The largest absolute Gasteiger partial charge is 0.573 e. The lowest BCUT2D eigenvalue weighted by Crippen LogP contribution is -2.18. The number of thioether (sulfide) groups is 1. The highest BCUT2D eigenvalue weighted by Crippen LogP contribution is 2.30. The molecule has 16 heavy (non-hydrogen) atoms. The molecular formula is C9H10F3NO2S. The van der Waals surface area contributed by atoms with Gasteiger partial charge in [0.25, 0.3) is 0 Å². The lowest BCUT2D eigenvalue weighted by Gasteiger charge is -2.14. The molecule has 0 amide bonds. The van der Waals surface area contributed by atoms with Crippen molar-refractivity contribution in [2.75, 3.05) is 6.26 Å². The fourth-order valence-electron chi connectivity index (χ4n) is 1.14. The zero-order valence-corrected chi connectivity index (χ0v) is 9.10. The van der Waals surface area contributed by atoms with Gasteiger partial charge in [-0.2, -0.15) is 0 Å². The molecule has 1 aromatic rings. The summed E-state index contributed by atoms with van der Waals surface area (Å²) < 4.78 is 39.5. The molecule has 0 heterocycles. The second kappa shape index (κ2) is 4.94. The Kier molecular flexibility index (Phi) is 4.06. The van der Waals surface area contributed by atoms with Gasteiger partial charge in [-0.15, -0.1) is 24.9 Å². The van der Waals surface area contributed by atoms with Gasteiger partial charge in [0, 0.05) is 10.5 Å². The number of hydrogen-bond acceptors (Lipinski definition) is 4. The van der Waals surface area contributed by atoms with Crippen LogP contribution >= 0.6 is 11.8 Å². The first-order chi connectivity index (χ1) is 7.33. The summed E-state index contributed by atoms with van der Waals surface area (Å²) in [6, 6.07) is 3.66. The van der Waals surface area contributed by atoms with Crippen molar-refractivity contribution in [3.8, 4) is 5.75 Å². The summed E-state index contributed by atoms with van der Waals surface area (Å²) >= 11 is 1.27. The van der Waals surface area contributed by atoms with Crippen molar-refractivity contribution in [3.05, 3.63) is 23.8 Å². The molecule has 1 atom stereocenters. The van der Waals surface area contributed by atoms with Crippen molar-refractivity contribution >= 4 is 11.8 Å². The molecule has 0 aliphatic heterocycles. The number of hydrogen-bond donors (Lipinski definition) is 2. The first-order valence-electron chi connectivity index (χ1n) is 4.21. The van der Waals surface area contributed by atoms with Gasteiger partial charge in [0.1, 0.15) is 12.0 Å². The summed E-state index contributed by atoms with van der Waals surface area (Å²) in [6.07, 6.45) is -4.36. The molecule has 7 heteroatoms. The Morgan fingerprint density at radius 1 is 1.44 bits per heavy atom. The number of aliphatic hydroxyl groups is 1. The van der Waals surface area contributed by atoms with Gasteiger partial charge in [-0.05, 0) is 24.5 Å². The molecule has 1 aromatic carbocycles. The van der Waals surface area contributed by atoms with Crippen molar-refractivity contribution in [2.24, 2.45) is 5.73 Å². The third-order valence-electron chi connectivity index (χ3n) is 1.75. The van der Waals surface area contributed by atoms with Crippen molar-refractivity contribution in [3.63, 3.8) is 0 Å². The molecule has 0 aliphatic carbocycles. The van der Waals surface area contributed by atoms with Gasteiger partial charge in [0.05, 0.1) is 0 Å². The summed E-state index contributed by atoms with van der Waals surface area (Å²) in [5.74, 6) is -0.398.